The Morgan fingerprint density at radius 2 is 1.87 bits per heavy atom. The van der Waals surface area contributed by atoms with E-state index in [9.17, 15) is 4.39 Å². The number of anilines is 2. The van der Waals surface area contributed by atoms with Crippen molar-refractivity contribution in [3.05, 3.63) is 64.4 Å². The molecule has 23 heavy (non-hydrogen) atoms. The van der Waals surface area contributed by atoms with E-state index in [1.54, 1.807) is 30.3 Å². The van der Waals surface area contributed by atoms with Crippen LogP contribution in [-0.4, -0.2) is 10.2 Å². The molecule has 0 aliphatic carbocycles. The van der Waals surface area contributed by atoms with Crippen LogP contribution in [0, 0.1) is 5.82 Å². The Bertz CT molecular complexity index is 905. The van der Waals surface area contributed by atoms with Gasteiger partial charge in [0.15, 0.2) is 5.82 Å². The highest BCUT2D eigenvalue weighted by Gasteiger charge is 2.40. The summed E-state index contributed by atoms with van der Waals surface area (Å²) in [5, 5.41) is 10.8. The molecule has 1 unspecified atom stereocenters. The maximum Gasteiger partial charge on any atom is 0.153 e. The van der Waals surface area contributed by atoms with E-state index in [-0.39, 0.29) is 5.82 Å². The van der Waals surface area contributed by atoms with Gasteiger partial charge in [0.2, 0.25) is 0 Å². The van der Waals surface area contributed by atoms with Crippen molar-refractivity contribution in [1.29, 1.82) is 0 Å². The Morgan fingerprint density at radius 3 is 2.61 bits per heavy atom. The number of aromatic nitrogens is 2. The fourth-order valence-electron chi connectivity index (χ4n) is 2.99. The minimum Gasteiger partial charge on any atom is -0.382 e. The van der Waals surface area contributed by atoms with E-state index in [0.717, 1.165) is 11.1 Å². The molecule has 3 aromatic rings. The number of nitrogens with two attached hydrogens (primary N) is 2. The van der Waals surface area contributed by atoms with E-state index < -0.39 is 5.66 Å². The van der Waals surface area contributed by atoms with E-state index in [1.807, 2.05) is 0 Å². The monoisotopic (exact) mass is 329 g/mol. The van der Waals surface area contributed by atoms with Gasteiger partial charge in [-0.15, -0.1) is 0 Å². The van der Waals surface area contributed by atoms with Gasteiger partial charge in [-0.05, 0) is 35.9 Å². The molecule has 7 heteroatoms. The van der Waals surface area contributed by atoms with Gasteiger partial charge in [0.1, 0.15) is 11.5 Å². The second kappa shape index (κ2) is 4.71. The van der Waals surface area contributed by atoms with Crippen LogP contribution >= 0.6 is 11.6 Å². The Balaban J connectivity index is 1.99. The number of hydrogen-bond acceptors (Lipinski definition) is 4. The summed E-state index contributed by atoms with van der Waals surface area (Å²) in [7, 11) is 0. The summed E-state index contributed by atoms with van der Waals surface area (Å²) in [6.07, 6.45) is 0. The average molecular weight is 330 g/mol. The van der Waals surface area contributed by atoms with Crippen LogP contribution in [0.15, 0.2) is 42.5 Å². The lowest BCUT2D eigenvalue weighted by atomic mass is 9.85. The Hall–Kier alpha value is -2.57. The molecule has 2 heterocycles. The highest BCUT2D eigenvalue weighted by Crippen LogP contribution is 2.45. The third-order valence-electron chi connectivity index (χ3n) is 4.07. The number of halogens is 2. The van der Waals surface area contributed by atoms with Gasteiger partial charge in [0.05, 0.1) is 11.3 Å². The summed E-state index contributed by atoms with van der Waals surface area (Å²) in [5.41, 5.74) is 14.9. The predicted molar refractivity (Wildman–Crippen MR) is 88.4 cm³/mol. The number of nitrogens with one attached hydrogen (secondary N) is 2. The molecule has 0 radical (unpaired) electrons. The van der Waals surface area contributed by atoms with Crippen LogP contribution < -0.4 is 16.8 Å². The van der Waals surface area contributed by atoms with Gasteiger partial charge in [0.25, 0.3) is 0 Å². The van der Waals surface area contributed by atoms with E-state index in [0.29, 0.717) is 27.8 Å². The molecule has 1 atom stereocenters. The van der Waals surface area contributed by atoms with Gasteiger partial charge in [-0.2, -0.15) is 5.10 Å². The van der Waals surface area contributed by atoms with Crippen molar-refractivity contribution in [3.63, 3.8) is 0 Å². The molecule has 4 rings (SSSR count). The van der Waals surface area contributed by atoms with Gasteiger partial charge >= 0.3 is 0 Å². The summed E-state index contributed by atoms with van der Waals surface area (Å²) in [6.45, 7) is 0. The van der Waals surface area contributed by atoms with Crippen molar-refractivity contribution in [2.45, 2.75) is 5.66 Å². The van der Waals surface area contributed by atoms with Gasteiger partial charge < -0.3 is 16.8 Å². The highest BCUT2D eigenvalue weighted by atomic mass is 35.5. The lowest BCUT2D eigenvalue weighted by Gasteiger charge is -2.37. The smallest absolute Gasteiger partial charge is 0.153 e. The van der Waals surface area contributed by atoms with Crippen LogP contribution in [0.5, 0.6) is 0 Å². The fourth-order valence-corrected chi connectivity index (χ4v) is 3.12. The number of aromatic amines is 1. The lowest BCUT2D eigenvalue weighted by Crippen LogP contribution is -2.48. The first-order chi connectivity index (χ1) is 11.0. The Labute approximate surface area is 136 Å². The van der Waals surface area contributed by atoms with Crippen LogP contribution in [0.4, 0.5) is 15.9 Å². The second-order valence-electron chi connectivity index (χ2n) is 5.49. The van der Waals surface area contributed by atoms with Crippen LogP contribution in [0.3, 0.4) is 0 Å². The van der Waals surface area contributed by atoms with E-state index in [4.69, 9.17) is 23.1 Å². The second-order valence-corrected chi connectivity index (χ2v) is 5.93. The third-order valence-corrected chi connectivity index (χ3v) is 4.32. The SMILES string of the molecule is Nc1n[nH]c2c1C(N)(c1ccc(Cl)cc1)Nc1cc(F)ccc1-2. The number of benzene rings is 2. The zero-order valence-electron chi connectivity index (χ0n) is 11.9. The molecule has 0 fully saturated rings. The minimum absolute atomic E-state index is 0.292. The maximum absolute atomic E-state index is 13.6. The van der Waals surface area contributed by atoms with Crippen molar-refractivity contribution in [3.8, 4) is 11.3 Å². The lowest BCUT2D eigenvalue weighted by molar-refractivity contribution is 0.610. The van der Waals surface area contributed by atoms with Crippen molar-refractivity contribution in [2.75, 3.05) is 11.1 Å². The Kier molecular flexibility index (Phi) is 2.88. The van der Waals surface area contributed by atoms with Crippen LogP contribution in [-0.2, 0) is 5.66 Å². The molecule has 1 aliphatic rings. The molecule has 6 N–H and O–H groups in total. The third kappa shape index (κ3) is 1.99. The molecule has 0 saturated heterocycles. The molecule has 1 aromatic heterocycles. The number of nitrogen functional groups attached to an aromatic ring is 1. The van der Waals surface area contributed by atoms with Crippen LogP contribution in [0.1, 0.15) is 11.1 Å². The van der Waals surface area contributed by atoms with E-state index >= 15 is 0 Å². The minimum atomic E-state index is -1.14. The first-order valence-electron chi connectivity index (χ1n) is 6.96. The average Bonchev–Trinajstić information content (AvgIpc) is 2.90. The van der Waals surface area contributed by atoms with Crippen LogP contribution in [0.2, 0.25) is 5.02 Å². The Morgan fingerprint density at radius 1 is 1.13 bits per heavy atom. The van der Waals surface area contributed by atoms with Gasteiger partial charge in [-0.3, -0.25) is 5.10 Å². The van der Waals surface area contributed by atoms with Crippen molar-refractivity contribution >= 4 is 23.1 Å². The number of rotatable bonds is 1. The summed E-state index contributed by atoms with van der Waals surface area (Å²) in [4.78, 5) is 0. The zero-order valence-corrected chi connectivity index (χ0v) is 12.7. The topological polar surface area (TPSA) is 92.8 Å². The largest absolute Gasteiger partial charge is 0.382 e. The molecule has 0 amide bonds. The highest BCUT2D eigenvalue weighted by molar-refractivity contribution is 6.30. The number of fused-ring (bicyclic) bond motifs is 3. The summed E-state index contributed by atoms with van der Waals surface area (Å²) in [6, 6.07) is 11.5. The van der Waals surface area contributed by atoms with Crippen molar-refractivity contribution in [2.24, 2.45) is 5.73 Å². The standard InChI is InChI=1S/C16H13ClFN5/c17-9-3-1-8(2-4-9)16(20)13-14(22-23-15(13)19)11-6-5-10(18)7-12(11)21-16/h1-7,21H,20H2,(H3,19,22,23). The van der Waals surface area contributed by atoms with Gasteiger partial charge in [-0.25, -0.2) is 4.39 Å². The van der Waals surface area contributed by atoms with Crippen molar-refractivity contribution < 1.29 is 4.39 Å². The normalized spacial score (nSPS) is 18.9. The molecule has 0 spiro atoms. The summed E-state index contributed by atoms with van der Waals surface area (Å²) >= 11 is 5.95. The summed E-state index contributed by atoms with van der Waals surface area (Å²) in [5.74, 6) is -0.0643. The van der Waals surface area contributed by atoms with Crippen LogP contribution in [0.25, 0.3) is 11.3 Å². The molecular formula is C16H13ClFN5. The molecule has 0 bridgehead atoms. The molecule has 116 valence electrons. The predicted octanol–water partition coefficient (Wildman–Crippen LogP) is 3.04. The molecule has 2 aromatic carbocycles. The number of hydrogen-bond donors (Lipinski definition) is 4. The number of H-pyrrole nitrogens is 1. The quantitative estimate of drug-likeness (QED) is 0.552. The molecule has 5 nitrogen and oxygen atoms in total. The molecule has 0 saturated carbocycles. The summed E-state index contributed by atoms with van der Waals surface area (Å²) < 4.78 is 13.6. The zero-order chi connectivity index (χ0) is 16.2. The first kappa shape index (κ1) is 14.0. The van der Waals surface area contributed by atoms with Gasteiger partial charge in [-0.1, -0.05) is 23.7 Å². The first-order valence-corrected chi connectivity index (χ1v) is 7.34. The number of nitrogens with zero attached hydrogens (tertiary/aromatic N) is 1. The fraction of sp³-hybridized carbons (Fsp3) is 0.0625. The molecular weight excluding hydrogens is 317 g/mol. The van der Waals surface area contributed by atoms with E-state index in [1.165, 1.54) is 12.1 Å². The van der Waals surface area contributed by atoms with Gasteiger partial charge in [0, 0.05) is 16.3 Å². The van der Waals surface area contributed by atoms with Crippen molar-refractivity contribution in [1.82, 2.24) is 10.2 Å². The molecule has 1 aliphatic heterocycles. The maximum atomic E-state index is 13.6. The van der Waals surface area contributed by atoms with E-state index in [2.05, 4.69) is 15.5 Å².